The third-order valence-electron chi connectivity index (χ3n) is 3.83. The summed E-state index contributed by atoms with van der Waals surface area (Å²) >= 11 is 3.56. The van der Waals surface area contributed by atoms with E-state index in [-0.39, 0.29) is 11.4 Å². The van der Waals surface area contributed by atoms with Gasteiger partial charge >= 0.3 is 6.03 Å². The van der Waals surface area contributed by atoms with Gasteiger partial charge in [-0.05, 0) is 69.7 Å². The summed E-state index contributed by atoms with van der Waals surface area (Å²) in [5.74, 6) is 0.810. The van der Waals surface area contributed by atoms with Crippen molar-refractivity contribution in [3.05, 3.63) is 52.5 Å². The van der Waals surface area contributed by atoms with E-state index in [9.17, 15) is 4.79 Å². The fourth-order valence-electron chi connectivity index (χ4n) is 2.28. The average molecular weight is 420 g/mol. The van der Waals surface area contributed by atoms with Crippen LogP contribution in [0.15, 0.2) is 46.9 Å². The smallest absolute Gasteiger partial charge is 0.319 e. The zero-order valence-electron chi connectivity index (χ0n) is 15.4. The van der Waals surface area contributed by atoms with Gasteiger partial charge in [0, 0.05) is 17.9 Å². The number of amides is 2. The number of urea groups is 1. The van der Waals surface area contributed by atoms with E-state index in [0.717, 1.165) is 10.2 Å². The molecule has 0 aliphatic rings. The number of halogens is 1. The Morgan fingerprint density at radius 1 is 1.15 bits per heavy atom. The summed E-state index contributed by atoms with van der Waals surface area (Å²) in [6.45, 7) is 7.58. The Labute approximate surface area is 163 Å². The molecule has 0 heterocycles. The first-order valence-corrected chi connectivity index (χ1v) is 9.38. The highest BCUT2D eigenvalue weighted by Crippen LogP contribution is 2.31. The molecule has 2 rings (SSSR count). The molecule has 2 aromatic carbocycles. The van der Waals surface area contributed by atoms with Crippen LogP contribution in [-0.2, 0) is 5.41 Å². The van der Waals surface area contributed by atoms with Gasteiger partial charge in [0.05, 0.1) is 11.1 Å². The highest BCUT2D eigenvalue weighted by atomic mass is 79.9. The van der Waals surface area contributed by atoms with E-state index in [4.69, 9.17) is 10.5 Å². The molecule has 140 valence electrons. The lowest BCUT2D eigenvalue weighted by Gasteiger charge is -2.20. The number of hydrogen-bond acceptors (Lipinski definition) is 3. The van der Waals surface area contributed by atoms with Gasteiger partial charge in [-0.1, -0.05) is 26.8 Å². The predicted molar refractivity (Wildman–Crippen MR) is 111 cm³/mol. The van der Waals surface area contributed by atoms with Crippen LogP contribution in [0.1, 0.15) is 32.8 Å². The predicted octanol–water partition coefficient (Wildman–Crippen LogP) is 4.92. The number of rotatable bonds is 6. The molecule has 6 heteroatoms. The summed E-state index contributed by atoms with van der Waals surface area (Å²) in [6, 6.07) is 12.9. The Morgan fingerprint density at radius 3 is 2.46 bits per heavy atom. The molecule has 4 N–H and O–H groups in total. The number of ether oxygens (including phenoxy) is 1. The molecule has 0 aromatic heterocycles. The van der Waals surface area contributed by atoms with Crippen molar-refractivity contribution < 1.29 is 9.53 Å². The zero-order chi connectivity index (χ0) is 19.2. The van der Waals surface area contributed by atoms with Crippen LogP contribution in [0.2, 0.25) is 0 Å². The number of carbonyl (C=O) groups is 1. The molecule has 0 fully saturated rings. The van der Waals surface area contributed by atoms with E-state index in [1.54, 1.807) is 24.3 Å². The highest BCUT2D eigenvalue weighted by molar-refractivity contribution is 9.10. The van der Waals surface area contributed by atoms with E-state index < -0.39 is 0 Å². The summed E-state index contributed by atoms with van der Waals surface area (Å²) in [7, 11) is 0. The molecule has 2 amide bonds. The van der Waals surface area contributed by atoms with Crippen LogP contribution in [0.25, 0.3) is 0 Å². The van der Waals surface area contributed by atoms with Crippen LogP contribution in [0, 0.1) is 0 Å². The largest absolute Gasteiger partial charge is 0.492 e. The van der Waals surface area contributed by atoms with E-state index in [1.807, 2.05) is 6.07 Å². The number of benzene rings is 2. The first kappa shape index (κ1) is 20.1. The second kappa shape index (κ2) is 8.94. The fraction of sp³-hybridized carbons (Fsp3) is 0.350. The maximum Gasteiger partial charge on any atom is 0.319 e. The maximum atomic E-state index is 11.8. The summed E-state index contributed by atoms with van der Waals surface area (Å²) in [5.41, 5.74) is 8.33. The number of nitrogen functional groups attached to an aromatic ring is 1. The van der Waals surface area contributed by atoms with Crippen LogP contribution in [-0.4, -0.2) is 19.2 Å². The summed E-state index contributed by atoms with van der Waals surface area (Å²) in [6.07, 6.45) is 0.711. The van der Waals surface area contributed by atoms with Crippen molar-refractivity contribution >= 4 is 33.3 Å². The number of hydrogen-bond donors (Lipinski definition) is 3. The summed E-state index contributed by atoms with van der Waals surface area (Å²) in [5, 5.41) is 5.56. The first-order valence-electron chi connectivity index (χ1n) is 8.59. The van der Waals surface area contributed by atoms with Crippen LogP contribution in [0.3, 0.4) is 0 Å². The lowest BCUT2D eigenvalue weighted by atomic mass is 9.87. The summed E-state index contributed by atoms with van der Waals surface area (Å²) in [4.78, 5) is 11.8. The molecule has 0 saturated heterocycles. The van der Waals surface area contributed by atoms with Crippen molar-refractivity contribution in [1.29, 1.82) is 0 Å². The third kappa shape index (κ3) is 6.26. The number of carbonyl (C=O) groups excluding carboxylic acids is 1. The fourth-order valence-corrected chi connectivity index (χ4v) is 2.78. The van der Waals surface area contributed by atoms with Gasteiger partial charge in [0.2, 0.25) is 0 Å². The van der Waals surface area contributed by atoms with Crippen molar-refractivity contribution in [2.24, 2.45) is 0 Å². The van der Waals surface area contributed by atoms with E-state index >= 15 is 0 Å². The van der Waals surface area contributed by atoms with Crippen molar-refractivity contribution in [2.75, 3.05) is 24.2 Å². The SMILES string of the molecule is CC(C)(C)c1ccc(OCCCNC(=O)Nc2ccc(N)cc2)c(Br)c1. The quantitative estimate of drug-likeness (QED) is 0.459. The minimum absolute atomic E-state index is 0.100. The van der Waals surface area contributed by atoms with Gasteiger partial charge in [0.15, 0.2) is 0 Å². The van der Waals surface area contributed by atoms with Crippen LogP contribution in [0.5, 0.6) is 5.75 Å². The van der Waals surface area contributed by atoms with E-state index in [1.165, 1.54) is 5.56 Å². The lowest BCUT2D eigenvalue weighted by Crippen LogP contribution is -2.30. The monoisotopic (exact) mass is 419 g/mol. The van der Waals surface area contributed by atoms with Crippen molar-refractivity contribution in [2.45, 2.75) is 32.6 Å². The molecular weight excluding hydrogens is 394 g/mol. The topological polar surface area (TPSA) is 76.4 Å². The normalized spacial score (nSPS) is 11.1. The average Bonchev–Trinajstić information content (AvgIpc) is 2.57. The van der Waals surface area contributed by atoms with Gasteiger partial charge in [0.1, 0.15) is 5.75 Å². The summed E-state index contributed by atoms with van der Waals surface area (Å²) < 4.78 is 6.73. The Bertz CT molecular complexity index is 740. The van der Waals surface area contributed by atoms with Gasteiger partial charge < -0.3 is 21.1 Å². The molecule has 0 bridgehead atoms. The Kier molecular flexibility index (Phi) is 6.91. The lowest BCUT2D eigenvalue weighted by molar-refractivity contribution is 0.250. The second-order valence-corrected chi connectivity index (χ2v) is 7.95. The standard InChI is InChI=1S/C20H26BrN3O2/c1-20(2,3)14-5-10-18(17(21)13-14)26-12-4-11-23-19(25)24-16-8-6-15(22)7-9-16/h5-10,13H,4,11-12,22H2,1-3H3,(H2,23,24,25). The second-order valence-electron chi connectivity index (χ2n) is 7.10. The van der Waals surface area contributed by atoms with Crippen molar-refractivity contribution in [1.82, 2.24) is 5.32 Å². The van der Waals surface area contributed by atoms with Gasteiger partial charge in [-0.15, -0.1) is 0 Å². The van der Waals surface area contributed by atoms with Crippen LogP contribution in [0.4, 0.5) is 16.2 Å². The van der Waals surface area contributed by atoms with Crippen molar-refractivity contribution in [3.8, 4) is 5.75 Å². The first-order chi connectivity index (χ1) is 12.3. The molecule has 0 aliphatic carbocycles. The molecule has 26 heavy (non-hydrogen) atoms. The molecule has 0 radical (unpaired) electrons. The Hall–Kier alpha value is -2.21. The molecular formula is C20H26BrN3O2. The molecule has 0 unspecified atom stereocenters. The number of anilines is 2. The Morgan fingerprint density at radius 2 is 1.85 bits per heavy atom. The van der Waals surface area contributed by atoms with Gasteiger partial charge in [0.25, 0.3) is 0 Å². The molecule has 0 saturated carbocycles. The minimum atomic E-state index is -0.245. The van der Waals surface area contributed by atoms with E-state index in [0.29, 0.717) is 30.9 Å². The van der Waals surface area contributed by atoms with E-state index in [2.05, 4.69) is 59.5 Å². The van der Waals surface area contributed by atoms with Gasteiger partial charge in [-0.2, -0.15) is 0 Å². The molecule has 2 aromatic rings. The third-order valence-corrected chi connectivity index (χ3v) is 4.45. The van der Waals surface area contributed by atoms with Crippen molar-refractivity contribution in [3.63, 3.8) is 0 Å². The Balaban J connectivity index is 1.70. The van der Waals surface area contributed by atoms with Gasteiger partial charge in [-0.25, -0.2) is 4.79 Å². The molecule has 0 spiro atoms. The molecule has 0 atom stereocenters. The minimum Gasteiger partial charge on any atom is -0.492 e. The van der Waals surface area contributed by atoms with Gasteiger partial charge in [-0.3, -0.25) is 0 Å². The number of nitrogens with two attached hydrogens (primary N) is 1. The number of nitrogens with one attached hydrogen (secondary N) is 2. The maximum absolute atomic E-state index is 11.8. The molecule has 0 aliphatic heterocycles. The zero-order valence-corrected chi connectivity index (χ0v) is 17.0. The highest BCUT2D eigenvalue weighted by Gasteiger charge is 2.15. The molecule has 5 nitrogen and oxygen atoms in total. The van der Waals surface area contributed by atoms with Crippen LogP contribution >= 0.6 is 15.9 Å². The van der Waals surface area contributed by atoms with Crippen LogP contribution < -0.4 is 21.1 Å².